The molecule has 3 N–H and O–H groups in total. The molecule has 7 nitrogen and oxygen atoms in total. The maximum Gasteiger partial charge on any atom is 0.328 e. The summed E-state index contributed by atoms with van der Waals surface area (Å²) in [5.74, 6) is -1.84. The Bertz CT molecular complexity index is 878. The molecule has 0 unspecified atom stereocenters. The highest BCUT2D eigenvalue weighted by Gasteiger charge is 2.16. The van der Waals surface area contributed by atoms with Gasteiger partial charge in [-0.25, -0.2) is 9.59 Å². The second kappa shape index (κ2) is 10.7. The van der Waals surface area contributed by atoms with Gasteiger partial charge >= 0.3 is 11.9 Å². The molecule has 2 aromatic rings. The molecular formula is C22H23NO6. The molecule has 2 aromatic carbocycles. The highest BCUT2D eigenvalue weighted by atomic mass is 16.5. The van der Waals surface area contributed by atoms with Crippen molar-refractivity contribution in [3.63, 3.8) is 0 Å². The van der Waals surface area contributed by atoms with Gasteiger partial charge in [0.25, 0.3) is 0 Å². The van der Waals surface area contributed by atoms with Gasteiger partial charge in [0, 0.05) is 31.8 Å². The molecule has 0 aromatic heterocycles. The lowest BCUT2D eigenvalue weighted by Gasteiger charge is -2.11. The monoisotopic (exact) mass is 397 g/mol. The number of phenolic OH excluding ortho intramolecular Hbond substituents is 1. The number of fused-ring (bicyclic) bond motifs is 1. The van der Waals surface area contributed by atoms with Gasteiger partial charge in [-0.05, 0) is 28.8 Å². The van der Waals surface area contributed by atoms with Crippen molar-refractivity contribution < 1.29 is 29.6 Å². The molecule has 0 spiro atoms. The van der Waals surface area contributed by atoms with Crippen molar-refractivity contribution in [2.75, 3.05) is 13.7 Å². The van der Waals surface area contributed by atoms with Crippen LogP contribution in [0.1, 0.15) is 16.7 Å². The molecule has 3 rings (SSSR count). The first-order chi connectivity index (χ1) is 13.9. The average molecular weight is 397 g/mol. The van der Waals surface area contributed by atoms with E-state index in [-0.39, 0.29) is 5.75 Å². The van der Waals surface area contributed by atoms with Crippen LogP contribution in [0.4, 0.5) is 0 Å². The second-order valence-electron chi connectivity index (χ2n) is 6.28. The first-order valence-electron chi connectivity index (χ1n) is 8.85. The van der Waals surface area contributed by atoms with Gasteiger partial charge in [-0.15, -0.1) is 0 Å². The summed E-state index contributed by atoms with van der Waals surface area (Å²) < 4.78 is 5.11. The molecule has 0 aliphatic carbocycles. The van der Waals surface area contributed by atoms with E-state index in [9.17, 15) is 14.7 Å². The molecule has 0 bridgehead atoms. The van der Waals surface area contributed by atoms with Crippen LogP contribution in [0.5, 0.6) is 11.5 Å². The van der Waals surface area contributed by atoms with Crippen molar-refractivity contribution in [3.8, 4) is 11.5 Å². The van der Waals surface area contributed by atoms with E-state index >= 15 is 0 Å². The summed E-state index contributed by atoms with van der Waals surface area (Å²) in [5.41, 5.74) is 3.88. The van der Waals surface area contributed by atoms with E-state index in [1.807, 2.05) is 12.1 Å². The molecule has 1 heterocycles. The average Bonchev–Trinajstić information content (AvgIpc) is 3.11. The summed E-state index contributed by atoms with van der Waals surface area (Å²) in [4.78, 5) is 21.5. The van der Waals surface area contributed by atoms with E-state index in [4.69, 9.17) is 14.9 Å². The number of methoxy groups -OCH3 is 1. The second-order valence-corrected chi connectivity index (χ2v) is 6.28. The number of carbonyl (C=O) groups is 2. The minimum absolute atomic E-state index is 0.171. The number of benzene rings is 2. The van der Waals surface area contributed by atoms with Crippen LogP contribution >= 0.6 is 0 Å². The number of phenols is 1. The SMILES string of the molecule is COc1cc(/C=C/CN2Cc3ccccc3C2)ccc1O.O=C(O)/C=C\C(=O)O. The fraction of sp³-hybridized carbons (Fsp3) is 0.182. The summed E-state index contributed by atoms with van der Waals surface area (Å²) >= 11 is 0. The molecule has 0 fully saturated rings. The van der Waals surface area contributed by atoms with E-state index in [0.29, 0.717) is 17.9 Å². The molecular weight excluding hydrogens is 374 g/mol. The van der Waals surface area contributed by atoms with E-state index in [1.165, 1.54) is 11.1 Å². The fourth-order valence-corrected chi connectivity index (χ4v) is 2.81. The summed E-state index contributed by atoms with van der Waals surface area (Å²) in [6.45, 7) is 2.94. The summed E-state index contributed by atoms with van der Waals surface area (Å²) in [7, 11) is 1.56. The van der Waals surface area contributed by atoms with Crippen LogP contribution in [0.25, 0.3) is 6.08 Å². The van der Waals surface area contributed by atoms with E-state index in [0.717, 1.165) is 25.2 Å². The summed E-state index contributed by atoms with van der Waals surface area (Å²) in [6.07, 6.45) is 5.33. The smallest absolute Gasteiger partial charge is 0.328 e. The third-order valence-electron chi connectivity index (χ3n) is 4.15. The van der Waals surface area contributed by atoms with Gasteiger partial charge in [0.1, 0.15) is 0 Å². The summed E-state index contributed by atoms with van der Waals surface area (Å²) in [5, 5.41) is 25.2. The Balaban J connectivity index is 0.000000321. The Kier molecular flexibility index (Phi) is 8.00. The first kappa shape index (κ1) is 21.7. The third-order valence-corrected chi connectivity index (χ3v) is 4.15. The number of aromatic hydroxyl groups is 1. The van der Waals surface area contributed by atoms with Crippen LogP contribution < -0.4 is 4.74 Å². The minimum atomic E-state index is -1.26. The number of hydrogen-bond donors (Lipinski definition) is 3. The van der Waals surface area contributed by atoms with Crippen LogP contribution in [0.3, 0.4) is 0 Å². The molecule has 29 heavy (non-hydrogen) atoms. The van der Waals surface area contributed by atoms with Crippen molar-refractivity contribution in [3.05, 3.63) is 77.4 Å². The largest absolute Gasteiger partial charge is 0.504 e. The molecule has 152 valence electrons. The number of carboxylic acid groups (broad SMARTS) is 2. The van der Waals surface area contributed by atoms with Crippen molar-refractivity contribution >= 4 is 18.0 Å². The van der Waals surface area contributed by atoms with Crippen LogP contribution in [-0.4, -0.2) is 45.8 Å². The highest BCUT2D eigenvalue weighted by Crippen LogP contribution is 2.27. The predicted molar refractivity (Wildman–Crippen MR) is 109 cm³/mol. The molecule has 0 radical (unpaired) electrons. The quantitative estimate of drug-likeness (QED) is 0.643. The Morgan fingerprint density at radius 1 is 1.03 bits per heavy atom. The van der Waals surface area contributed by atoms with Gasteiger partial charge in [0.05, 0.1) is 7.11 Å². The number of aliphatic carboxylic acids is 2. The lowest BCUT2D eigenvalue weighted by atomic mass is 10.1. The summed E-state index contributed by atoms with van der Waals surface area (Å²) in [6, 6.07) is 14.0. The Morgan fingerprint density at radius 3 is 2.14 bits per heavy atom. The Labute approximate surface area is 168 Å². The van der Waals surface area contributed by atoms with Gasteiger partial charge in [0.2, 0.25) is 0 Å². The molecule has 1 aliphatic rings. The van der Waals surface area contributed by atoms with Gasteiger partial charge < -0.3 is 20.1 Å². The van der Waals surface area contributed by atoms with Crippen molar-refractivity contribution in [1.82, 2.24) is 4.90 Å². The third kappa shape index (κ3) is 7.15. The van der Waals surface area contributed by atoms with Gasteiger partial charge in [-0.3, -0.25) is 4.90 Å². The van der Waals surface area contributed by atoms with Crippen molar-refractivity contribution in [2.45, 2.75) is 13.1 Å². The van der Waals surface area contributed by atoms with Crippen LogP contribution in [0.2, 0.25) is 0 Å². The van der Waals surface area contributed by atoms with Crippen LogP contribution in [-0.2, 0) is 22.7 Å². The normalized spacial score (nSPS) is 13.1. The lowest BCUT2D eigenvalue weighted by molar-refractivity contribution is -0.134. The van der Waals surface area contributed by atoms with Gasteiger partial charge in [-0.2, -0.15) is 0 Å². The fourth-order valence-electron chi connectivity index (χ4n) is 2.81. The molecule has 0 saturated heterocycles. The molecule has 7 heteroatoms. The molecule has 0 amide bonds. The van der Waals surface area contributed by atoms with Crippen LogP contribution in [0.15, 0.2) is 60.7 Å². The number of hydrogen-bond acceptors (Lipinski definition) is 5. The van der Waals surface area contributed by atoms with Crippen molar-refractivity contribution in [1.29, 1.82) is 0 Å². The zero-order chi connectivity index (χ0) is 21.2. The highest BCUT2D eigenvalue weighted by molar-refractivity contribution is 5.89. The topological polar surface area (TPSA) is 107 Å². The minimum Gasteiger partial charge on any atom is -0.504 e. The number of nitrogens with zero attached hydrogens (tertiary/aromatic N) is 1. The molecule has 0 saturated carbocycles. The molecule has 1 aliphatic heterocycles. The zero-order valence-corrected chi connectivity index (χ0v) is 16.0. The number of carboxylic acids is 2. The zero-order valence-electron chi connectivity index (χ0n) is 16.0. The maximum absolute atomic E-state index is 9.58. The standard InChI is InChI=1S/C18H19NO2.C4H4O4/c1-21-18-11-14(8-9-17(18)20)5-4-10-19-12-15-6-2-3-7-16(15)13-19;5-3(6)1-2-4(7)8/h2-9,11,20H,10,12-13H2,1H3;1-2H,(H,5,6)(H,7,8)/b5-4+;2-1-. The maximum atomic E-state index is 9.58. The number of ether oxygens (including phenoxy) is 1. The van der Waals surface area contributed by atoms with E-state index in [1.54, 1.807) is 13.2 Å². The van der Waals surface area contributed by atoms with Crippen molar-refractivity contribution in [2.24, 2.45) is 0 Å². The first-order valence-corrected chi connectivity index (χ1v) is 8.85. The Hall–Kier alpha value is -3.58. The van der Waals surface area contributed by atoms with Gasteiger partial charge in [0.15, 0.2) is 11.5 Å². The van der Waals surface area contributed by atoms with Gasteiger partial charge in [-0.1, -0.05) is 42.5 Å². The van der Waals surface area contributed by atoms with Crippen LogP contribution in [0, 0.1) is 0 Å². The molecule has 0 atom stereocenters. The number of rotatable bonds is 6. The van der Waals surface area contributed by atoms with E-state index < -0.39 is 11.9 Å². The van der Waals surface area contributed by atoms with E-state index in [2.05, 4.69) is 41.3 Å². The lowest BCUT2D eigenvalue weighted by Crippen LogP contribution is -2.15. The predicted octanol–water partition coefficient (Wildman–Crippen LogP) is 3.14. The Morgan fingerprint density at radius 2 is 1.62 bits per heavy atom.